The molecule has 0 bridgehead atoms. The quantitative estimate of drug-likeness (QED) is 0.676. The minimum atomic E-state index is -0.936. The third-order valence-corrected chi connectivity index (χ3v) is 3.34. The van der Waals surface area contributed by atoms with Gasteiger partial charge in [-0.15, -0.1) is 0 Å². The second kappa shape index (κ2) is 5.06. The van der Waals surface area contributed by atoms with E-state index < -0.39 is 5.97 Å². The summed E-state index contributed by atoms with van der Waals surface area (Å²) in [5.74, 6) is -0.301. The third-order valence-electron chi connectivity index (χ3n) is 2.90. The number of hydrogen-bond donors (Lipinski definition) is 1. The molecule has 4 heteroatoms. The monoisotopic (exact) mass is 258 g/mol. The van der Waals surface area contributed by atoms with Gasteiger partial charge in [0.25, 0.3) is 0 Å². The molecule has 0 saturated heterocycles. The lowest BCUT2D eigenvalue weighted by molar-refractivity contribution is -0.130. The van der Waals surface area contributed by atoms with Gasteiger partial charge in [0.2, 0.25) is 10.5 Å². The lowest BCUT2D eigenvalue weighted by atomic mass is 9.97. The van der Waals surface area contributed by atoms with Crippen LogP contribution < -0.4 is 4.43 Å². The van der Waals surface area contributed by atoms with Crippen molar-refractivity contribution in [1.82, 2.24) is 0 Å². The van der Waals surface area contributed by atoms with E-state index in [0.717, 1.165) is 10.8 Å². The maximum absolute atomic E-state index is 11.3. The summed E-state index contributed by atoms with van der Waals surface area (Å²) in [5, 5.41) is 11.2. The van der Waals surface area contributed by atoms with Gasteiger partial charge < -0.3 is 9.53 Å². The summed E-state index contributed by atoms with van der Waals surface area (Å²) < 4.78 is 5.42. The van der Waals surface area contributed by atoms with E-state index in [0.29, 0.717) is 21.8 Å². The molecular formula is C14H14O3Si. The average Bonchev–Trinajstić information content (AvgIpc) is 2.39. The van der Waals surface area contributed by atoms with Gasteiger partial charge in [0.1, 0.15) is 5.75 Å². The molecule has 1 N–H and O–H groups in total. The summed E-state index contributed by atoms with van der Waals surface area (Å²) in [7, 11) is 0.525. The van der Waals surface area contributed by atoms with E-state index >= 15 is 0 Å². The van der Waals surface area contributed by atoms with Crippen LogP contribution in [0.1, 0.15) is 12.5 Å². The molecule has 2 aromatic rings. The van der Waals surface area contributed by atoms with Crippen LogP contribution >= 0.6 is 0 Å². The molecule has 0 aliphatic heterocycles. The van der Waals surface area contributed by atoms with Gasteiger partial charge in [0.05, 0.1) is 5.57 Å². The number of fused-ring (bicyclic) bond motifs is 1. The van der Waals surface area contributed by atoms with Crippen LogP contribution in [0.2, 0.25) is 0 Å². The number of carbonyl (C=O) groups is 1. The summed E-state index contributed by atoms with van der Waals surface area (Å²) >= 11 is 0. The first-order chi connectivity index (χ1) is 8.69. The Morgan fingerprint density at radius 2 is 2.00 bits per heavy atom. The van der Waals surface area contributed by atoms with Crippen molar-refractivity contribution in [3.05, 3.63) is 48.0 Å². The van der Waals surface area contributed by atoms with Crippen LogP contribution in [0, 0.1) is 0 Å². The predicted octanol–water partition coefficient (Wildman–Crippen LogP) is 1.99. The van der Waals surface area contributed by atoms with Gasteiger partial charge in [-0.05, 0) is 23.8 Å². The largest absolute Gasteiger partial charge is 0.553 e. The van der Waals surface area contributed by atoms with E-state index in [1.165, 1.54) is 0 Å². The van der Waals surface area contributed by atoms with Crippen LogP contribution in [0.3, 0.4) is 0 Å². The Bertz CT molecular complexity index is 632. The standard InChI is InChI=1S/C14H14O3Si/c1-2-10(14(15)16)13-11-6-4-3-5-9(11)7-8-12(13)17-18/h2-8H,1,18H3,(H,15,16)/b10-2+. The highest BCUT2D eigenvalue weighted by atomic mass is 28.2. The maximum Gasteiger partial charge on any atom is 0.336 e. The fourth-order valence-corrected chi connectivity index (χ4v) is 2.41. The molecule has 0 atom stereocenters. The zero-order valence-electron chi connectivity index (χ0n) is 10.3. The number of aliphatic carboxylic acids is 1. The Morgan fingerprint density at radius 1 is 1.28 bits per heavy atom. The first-order valence-electron chi connectivity index (χ1n) is 5.64. The lowest BCUT2D eigenvalue weighted by Crippen LogP contribution is -2.03. The van der Waals surface area contributed by atoms with Gasteiger partial charge >= 0.3 is 5.97 Å². The molecule has 0 aromatic heterocycles. The zero-order chi connectivity index (χ0) is 13.1. The van der Waals surface area contributed by atoms with Crippen molar-refractivity contribution in [1.29, 1.82) is 0 Å². The van der Waals surface area contributed by atoms with Crippen molar-refractivity contribution < 1.29 is 14.3 Å². The van der Waals surface area contributed by atoms with Gasteiger partial charge in [0, 0.05) is 5.56 Å². The number of hydrogen-bond acceptors (Lipinski definition) is 2. The highest BCUT2D eigenvalue weighted by Crippen LogP contribution is 2.33. The second-order valence-corrected chi connectivity index (χ2v) is 4.28. The Kier molecular flexibility index (Phi) is 3.48. The van der Waals surface area contributed by atoms with Gasteiger partial charge in [0.15, 0.2) is 0 Å². The van der Waals surface area contributed by atoms with Crippen LogP contribution in [0.5, 0.6) is 5.75 Å². The van der Waals surface area contributed by atoms with Crippen LogP contribution in [0.4, 0.5) is 0 Å². The summed E-state index contributed by atoms with van der Waals surface area (Å²) in [5.41, 5.74) is 0.941. The molecule has 3 nitrogen and oxygen atoms in total. The molecule has 92 valence electrons. The molecule has 0 unspecified atom stereocenters. The van der Waals surface area contributed by atoms with Gasteiger partial charge in [-0.3, -0.25) is 0 Å². The van der Waals surface area contributed by atoms with Crippen molar-refractivity contribution in [3.8, 4) is 5.75 Å². The molecule has 0 aliphatic carbocycles. The molecule has 0 aliphatic rings. The average molecular weight is 258 g/mol. The summed E-state index contributed by atoms with van der Waals surface area (Å²) in [6.45, 7) is 1.72. The second-order valence-electron chi connectivity index (χ2n) is 3.87. The van der Waals surface area contributed by atoms with Crippen molar-refractivity contribution in [3.63, 3.8) is 0 Å². The minimum Gasteiger partial charge on any atom is -0.553 e. The van der Waals surface area contributed by atoms with E-state index in [1.807, 2.05) is 36.4 Å². The van der Waals surface area contributed by atoms with Crippen LogP contribution in [-0.4, -0.2) is 21.6 Å². The summed E-state index contributed by atoms with van der Waals surface area (Å²) in [4.78, 5) is 11.3. The molecule has 0 heterocycles. The minimum absolute atomic E-state index is 0.276. The Balaban J connectivity index is 2.84. The smallest absolute Gasteiger partial charge is 0.336 e. The van der Waals surface area contributed by atoms with Gasteiger partial charge in [-0.1, -0.05) is 36.4 Å². The first-order valence-corrected chi connectivity index (χ1v) is 6.46. The molecule has 0 fully saturated rings. The number of benzene rings is 2. The van der Waals surface area contributed by atoms with E-state index in [-0.39, 0.29) is 5.57 Å². The number of carboxylic acids is 1. The molecule has 0 spiro atoms. The number of allylic oxidation sites excluding steroid dienone is 1. The van der Waals surface area contributed by atoms with Crippen molar-refractivity contribution in [2.45, 2.75) is 6.92 Å². The van der Waals surface area contributed by atoms with E-state index in [4.69, 9.17) is 4.43 Å². The number of carboxylic acid groups (broad SMARTS) is 1. The van der Waals surface area contributed by atoms with Crippen LogP contribution in [0.15, 0.2) is 42.5 Å². The highest BCUT2D eigenvalue weighted by Gasteiger charge is 2.17. The third kappa shape index (κ3) is 2.02. The molecule has 2 rings (SSSR count). The van der Waals surface area contributed by atoms with E-state index in [1.54, 1.807) is 13.0 Å². The SMILES string of the molecule is C/C=C(/C(=O)O)c1c(O[SiH3])ccc2ccccc12. The summed E-state index contributed by atoms with van der Waals surface area (Å²) in [6.07, 6.45) is 1.61. The normalized spacial score (nSPS) is 11.7. The topological polar surface area (TPSA) is 46.5 Å². The number of rotatable bonds is 3. The van der Waals surface area contributed by atoms with E-state index in [9.17, 15) is 9.90 Å². The summed E-state index contributed by atoms with van der Waals surface area (Å²) in [6, 6.07) is 11.5. The molecule has 18 heavy (non-hydrogen) atoms. The van der Waals surface area contributed by atoms with Crippen molar-refractivity contribution in [2.75, 3.05) is 0 Å². The Morgan fingerprint density at radius 3 is 2.61 bits per heavy atom. The van der Waals surface area contributed by atoms with E-state index in [2.05, 4.69) is 0 Å². The van der Waals surface area contributed by atoms with Crippen molar-refractivity contribution in [2.24, 2.45) is 0 Å². The highest BCUT2D eigenvalue weighted by molar-refractivity contribution is 6.20. The Labute approximate surface area is 108 Å². The zero-order valence-corrected chi connectivity index (χ0v) is 12.3. The fraction of sp³-hybridized carbons (Fsp3) is 0.0714. The molecular weight excluding hydrogens is 244 g/mol. The predicted molar refractivity (Wildman–Crippen MR) is 75.8 cm³/mol. The fourth-order valence-electron chi connectivity index (χ4n) is 2.07. The molecule has 2 aromatic carbocycles. The maximum atomic E-state index is 11.3. The molecule has 0 saturated carbocycles. The van der Waals surface area contributed by atoms with Crippen LogP contribution in [0.25, 0.3) is 16.3 Å². The van der Waals surface area contributed by atoms with Crippen molar-refractivity contribution >= 4 is 32.8 Å². The van der Waals surface area contributed by atoms with Gasteiger partial charge in [-0.2, -0.15) is 0 Å². The Hall–Kier alpha value is -2.07. The lowest BCUT2D eigenvalue weighted by Gasteiger charge is -2.13. The molecule has 0 radical (unpaired) electrons. The molecule has 0 amide bonds. The van der Waals surface area contributed by atoms with Gasteiger partial charge in [-0.25, -0.2) is 4.79 Å². The first kappa shape index (κ1) is 12.4. The van der Waals surface area contributed by atoms with Crippen LogP contribution in [-0.2, 0) is 4.79 Å².